The molecule has 16 heavy (non-hydrogen) atoms. The fourth-order valence-electron chi connectivity index (χ4n) is 2.52. The number of hydrogen-bond acceptors (Lipinski definition) is 0. The van der Waals surface area contributed by atoms with Gasteiger partial charge >= 0.3 is 0 Å². The maximum absolute atomic E-state index is 3.96. The highest BCUT2D eigenvalue weighted by atomic mass is 14.2. The van der Waals surface area contributed by atoms with Crippen molar-refractivity contribution in [3.63, 3.8) is 0 Å². The summed E-state index contributed by atoms with van der Waals surface area (Å²) in [5, 5.41) is 0. The maximum Gasteiger partial charge on any atom is -0.0162 e. The molecule has 0 nitrogen and oxygen atoms in total. The summed E-state index contributed by atoms with van der Waals surface area (Å²) < 4.78 is 0. The van der Waals surface area contributed by atoms with Gasteiger partial charge in [-0.05, 0) is 29.9 Å². The largest absolute Gasteiger partial charge is 0.0988 e. The topological polar surface area (TPSA) is 0 Å². The zero-order valence-corrected chi connectivity index (χ0v) is 9.86. The van der Waals surface area contributed by atoms with Gasteiger partial charge in [-0.25, -0.2) is 0 Å². The van der Waals surface area contributed by atoms with Gasteiger partial charge < -0.3 is 0 Å². The number of benzene rings is 1. The second-order valence-electron chi connectivity index (χ2n) is 4.59. The van der Waals surface area contributed by atoms with Gasteiger partial charge in [-0.3, -0.25) is 0 Å². The maximum atomic E-state index is 3.96. The van der Waals surface area contributed by atoms with Gasteiger partial charge in [0.25, 0.3) is 0 Å². The fourth-order valence-corrected chi connectivity index (χ4v) is 2.52. The fraction of sp³-hybridized carbons (Fsp3) is 0.375. The van der Waals surface area contributed by atoms with Crippen LogP contribution in [0.1, 0.15) is 37.7 Å². The van der Waals surface area contributed by atoms with Crippen molar-refractivity contribution in [1.82, 2.24) is 0 Å². The Hall–Kier alpha value is -1.30. The zero-order chi connectivity index (χ0) is 11.2. The Bertz CT molecular complexity index is 353. The molecule has 0 aliphatic heterocycles. The lowest BCUT2D eigenvalue weighted by Crippen LogP contribution is -2.07. The van der Waals surface area contributed by atoms with Gasteiger partial charge in [0, 0.05) is 0 Å². The second kappa shape index (κ2) is 5.69. The minimum atomic E-state index is 0.742. The van der Waals surface area contributed by atoms with Crippen LogP contribution in [-0.4, -0.2) is 0 Å². The average molecular weight is 212 g/mol. The van der Waals surface area contributed by atoms with Crippen LogP contribution in [0, 0.1) is 5.92 Å². The van der Waals surface area contributed by atoms with Crippen LogP contribution in [0.5, 0.6) is 0 Å². The Kier molecular flexibility index (Phi) is 3.98. The zero-order valence-electron chi connectivity index (χ0n) is 9.86. The van der Waals surface area contributed by atoms with Crippen molar-refractivity contribution in [2.24, 2.45) is 5.92 Å². The molecule has 0 unspecified atom stereocenters. The van der Waals surface area contributed by atoms with Gasteiger partial charge in [-0.2, -0.15) is 0 Å². The minimum Gasteiger partial charge on any atom is -0.0988 e. The lowest BCUT2D eigenvalue weighted by molar-refractivity contribution is 0.410. The van der Waals surface area contributed by atoms with E-state index in [4.69, 9.17) is 0 Å². The van der Waals surface area contributed by atoms with E-state index in [0.29, 0.717) is 0 Å². The predicted octanol–water partition coefficient (Wildman–Crippen LogP) is 4.84. The standard InChI is InChI=1S/C16H20/c1-2-15(16-11-7-4-8-12-16)13-14-9-5-3-6-10-14/h2-3,5-6,9-10,13,16H,1,4,7-8,11-12H2. The van der Waals surface area contributed by atoms with E-state index in [2.05, 4.69) is 43.0 Å². The van der Waals surface area contributed by atoms with Crippen molar-refractivity contribution >= 4 is 6.08 Å². The average Bonchev–Trinajstić information content (AvgIpc) is 2.38. The minimum absolute atomic E-state index is 0.742. The summed E-state index contributed by atoms with van der Waals surface area (Å²) in [4.78, 5) is 0. The normalized spacial score (nSPS) is 18.4. The first-order chi connectivity index (χ1) is 7.90. The van der Waals surface area contributed by atoms with Crippen LogP contribution in [0.15, 0.2) is 48.6 Å². The summed E-state index contributed by atoms with van der Waals surface area (Å²) in [5.41, 5.74) is 2.72. The molecule has 0 heteroatoms. The van der Waals surface area contributed by atoms with Gasteiger partial charge in [0.15, 0.2) is 0 Å². The van der Waals surface area contributed by atoms with Crippen LogP contribution in [0.4, 0.5) is 0 Å². The molecule has 0 saturated heterocycles. The summed E-state index contributed by atoms with van der Waals surface area (Å²) in [6, 6.07) is 10.6. The number of rotatable bonds is 3. The van der Waals surface area contributed by atoms with Crippen LogP contribution >= 0.6 is 0 Å². The van der Waals surface area contributed by atoms with Crippen molar-refractivity contribution in [3.8, 4) is 0 Å². The third-order valence-corrected chi connectivity index (χ3v) is 3.45. The first kappa shape index (κ1) is 11.2. The Morgan fingerprint density at radius 3 is 2.38 bits per heavy atom. The van der Waals surface area contributed by atoms with E-state index >= 15 is 0 Å². The predicted molar refractivity (Wildman–Crippen MR) is 71.2 cm³/mol. The van der Waals surface area contributed by atoms with Gasteiger partial charge in [0.05, 0.1) is 0 Å². The molecule has 0 spiro atoms. The van der Waals surface area contributed by atoms with Crippen LogP contribution in [0.3, 0.4) is 0 Å². The first-order valence-corrected chi connectivity index (χ1v) is 6.29. The van der Waals surface area contributed by atoms with E-state index < -0.39 is 0 Å². The van der Waals surface area contributed by atoms with E-state index in [-0.39, 0.29) is 0 Å². The molecule has 2 rings (SSSR count). The summed E-state index contributed by atoms with van der Waals surface area (Å²) in [6.45, 7) is 3.96. The summed E-state index contributed by atoms with van der Waals surface area (Å²) in [7, 11) is 0. The first-order valence-electron chi connectivity index (χ1n) is 6.29. The van der Waals surface area contributed by atoms with Crippen molar-refractivity contribution < 1.29 is 0 Å². The molecule has 1 saturated carbocycles. The lowest BCUT2D eigenvalue weighted by atomic mass is 9.83. The monoisotopic (exact) mass is 212 g/mol. The van der Waals surface area contributed by atoms with Gasteiger partial charge in [-0.1, -0.05) is 68.3 Å². The molecule has 0 amide bonds. The van der Waals surface area contributed by atoms with Crippen molar-refractivity contribution in [3.05, 3.63) is 54.1 Å². The van der Waals surface area contributed by atoms with Gasteiger partial charge in [-0.15, -0.1) is 0 Å². The van der Waals surface area contributed by atoms with Crippen molar-refractivity contribution in [1.29, 1.82) is 0 Å². The molecule has 1 aromatic rings. The van der Waals surface area contributed by atoms with Crippen molar-refractivity contribution in [2.75, 3.05) is 0 Å². The summed E-state index contributed by atoms with van der Waals surface area (Å²) >= 11 is 0. The number of hydrogen-bond donors (Lipinski definition) is 0. The van der Waals surface area contributed by atoms with E-state index in [9.17, 15) is 0 Å². The quantitative estimate of drug-likeness (QED) is 0.629. The lowest BCUT2D eigenvalue weighted by Gasteiger charge is -2.22. The molecule has 1 aliphatic carbocycles. The summed E-state index contributed by atoms with van der Waals surface area (Å²) in [6.07, 6.45) is 11.2. The molecule has 0 bridgehead atoms. The highest BCUT2D eigenvalue weighted by Gasteiger charge is 2.15. The Labute approximate surface area is 98.7 Å². The van der Waals surface area contributed by atoms with E-state index in [1.54, 1.807) is 0 Å². The third-order valence-electron chi connectivity index (χ3n) is 3.45. The smallest absolute Gasteiger partial charge is 0.0162 e. The molecular weight excluding hydrogens is 192 g/mol. The molecule has 0 N–H and O–H groups in total. The molecule has 0 heterocycles. The molecule has 1 aliphatic rings. The molecule has 1 aromatic carbocycles. The van der Waals surface area contributed by atoms with Crippen molar-refractivity contribution in [2.45, 2.75) is 32.1 Å². The molecule has 0 aromatic heterocycles. The van der Waals surface area contributed by atoms with E-state index in [1.807, 2.05) is 6.08 Å². The highest BCUT2D eigenvalue weighted by molar-refractivity contribution is 5.56. The third kappa shape index (κ3) is 2.85. The summed E-state index contributed by atoms with van der Waals surface area (Å²) in [5.74, 6) is 0.742. The SMILES string of the molecule is C=CC(=Cc1ccccc1)C1CCCCC1. The molecule has 1 fully saturated rings. The molecule has 84 valence electrons. The van der Waals surface area contributed by atoms with Gasteiger partial charge in [0.2, 0.25) is 0 Å². The Balaban J connectivity index is 2.15. The molecule has 0 radical (unpaired) electrons. The number of allylic oxidation sites excluding steroid dienone is 2. The highest BCUT2D eigenvalue weighted by Crippen LogP contribution is 2.31. The van der Waals surface area contributed by atoms with Crippen LogP contribution in [-0.2, 0) is 0 Å². The Morgan fingerprint density at radius 2 is 1.75 bits per heavy atom. The van der Waals surface area contributed by atoms with Crippen LogP contribution in [0.25, 0.3) is 6.08 Å². The second-order valence-corrected chi connectivity index (χ2v) is 4.59. The Morgan fingerprint density at radius 1 is 1.06 bits per heavy atom. The molecule has 0 atom stereocenters. The van der Waals surface area contributed by atoms with Crippen LogP contribution < -0.4 is 0 Å². The van der Waals surface area contributed by atoms with E-state index in [1.165, 1.54) is 43.2 Å². The molecular formula is C16H20. The van der Waals surface area contributed by atoms with E-state index in [0.717, 1.165) is 5.92 Å². The van der Waals surface area contributed by atoms with Gasteiger partial charge in [0.1, 0.15) is 0 Å². The van der Waals surface area contributed by atoms with Crippen LogP contribution in [0.2, 0.25) is 0 Å².